The Morgan fingerprint density at radius 2 is 1.96 bits per heavy atom. The normalized spacial score (nSPS) is 17.2. The number of rotatable bonds is 10. The third-order valence-corrected chi connectivity index (χ3v) is 5.05. The molecule has 0 bridgehead atoms. The van der Waals surface area contributed by atoms with E-state index in [2.05, 4.69) is 28.8 Å². The molecule has 0 saturated heterocycles. The van der Waals surface area contributed by atoms with Gasteiger partial charge in [0.05, 0.1) is 11.8 Å². The Balaban J connectivity index is 1.60. The molecule has 5 heteroatoms. The maximum absolute atomic E-state index is 10.4. The minimum Gasteiger partial charge on any atom is -0.392 e. The van der Waals surface area contributed by atoms with Gasteiger partial charge in [-0.05, 0) is 36.1 Å². The van der Waals surface area contributed by atoms with Gasteiger partial charge in [0.1, 0.15) is 6.10 Å². The number of allylic oxidation sites excluding steroid dienone is 1. The highest BCUT2D eigenvalue weighted by molar-refractivity contribution is 6.30. The number of hydrogen-bond acceptors (Lipinski definition) is 4. The van der Waals surface area contributed by atoms with Crippen molar-refractivity contribution < 1.29 is 9.94 Å². The van der Waals surface area contributed by atoms with Crippen LogP contribution in [0.4, 0.5) is 0 Å². The van der Waals surface area contributed by atoms with Crippen molar-refractivity contribution in [3.8, 4) is 0 Å². The largest absolute Gasteiger partial charge is 0.392 e. The van der Waals surface area contributed by atoms with Crippen molar-refractivity contribution in [3.63, 3.8) is 0 Å². The molecule has 2 aromatic carbocycles. The molecule has 0 amide bonds. The minimum absolute atomic E-state index is 0.0269. The van der Waals surface area contributed by atoms with Crippen LogP contribution in [0.15, 0.2) is 72.4 Å². The zero-order valence-electron chi connectivity index (χ0n) is 16.0. The third-order valence-electron chi connectivity index (χ3n) is 4.79. The highest BCUT2D eigenvalue weighted by Crippen LogP contribution is 2.20. The van der Waals surface area contributed by atoms with Gasteiger partial charge < -0.3 is 9.94 Å². The highest BCUT2D eigenvalue weighted by Gasteiger charge is 2.25. The molecule has 0 saturated carbocycles. The monoisotopic (exact) mass is 398 g/mol. The Kier molecular flexibility index (Phi) is 7.66. The van der Waals surface area contributed by atoms with Gasteiger partial charge in [-0.2, -0.15) is 0 Å². The number of benzene rings is 2. The zero-order valence-corrected chi connectivity index (χ0v) is 16.8. The lowest BCUT2D eigenvalue weighted by molar-refractivity contribution is 0.0308. The third kappa shape index (κ3) is 6.20. The number of hydrogen-bond donors (Lipinski definition) is 1. The smallest absolute Gasteiger partial charge is 0.145 e. The molecule has 0 radical (unpaired) electrons. The molecule has 4 nitrogen and oxygen atoms in total. The summed E-state index contributed by atoms with van der Waals surface area (Å²) >= 11 is 5.97. The standard InChI is InChI=1S/C23H27ClN2O2/c1-2-3-9-21(27)16-26(15-18-7-5-4-6-8-18)17-22-14-23(25-28-22)19-10-12-20(24)13-11-19/h2,4-8,10-13,21-22,27H,1,3,9,14-17H2/t21-,22+/m1/s1. The van der Waals surface area contributed by atoms with Gasteiger partial charge in [0.15, 0.2) is 0 Å². The molecule has 0 unspecified atom stereocenters. The molecule has 1 aliphatic heterocycles. The zero-order chi connectivity index (χ0) is 19.8. The Hall–Kier alpha value is -2.14. The average Bonchev–Trinajstić information content (AvgIpc) is 3.16. The molecule has 1 heterocycles. The van der Waals surface area contributed by atoms with E-state index in [0.29, 0.717) is 24.5 Å². The van der Waals surface area contributed by atoms with Gasteiger partial charge >= 0.3 is 0 Å². The molecule has 0 fully saturated rings. The second kappa shape index (κ2) is 10.4. The summed E-state index contributed by atoms with van der Waals surface area (Å²) < 4.78 is 0. The summed E-state index contributed by atoms with van der Waals surface area (Å²) in [6.45, 7) is 5.81. The fraction of sp³-hybridized carbons (Fsp3) is 0.348. The van der Waals surface area contributed by atoms with Crippen LogP contribution in [0.3, 0.4) is 0 Å². The molecule has 0 spiro atoms. The first-order chi connectivity index (χ1) is 13.6. The fourth-order valence-corrected chi connectivity index (χ4v) is 3.50. The number of aliphatic hydroxyl groups excluding tert-OH is 1. The summed E-state index contributed by atoms with van der Waals surface area (Å²) in [6, 6.07) is 18.0. The predicted molar refractivity (Wildman–Crippen MR) is 115 cm³/mol. The molecule has 28 heavy (non-hydrogen) atoms. The molecular weight excluding hydrogens is 372 g/mol. The van der Waals surface area contributed by atoms with Gasteiger partial charge in [-0.3, -0.25) is 4.90 Å². The number of oxime groups is 1. The maximum Gasteiger partial charge on any atom is 0.145 e. The first-order valence-electron chi connectivity index (χ1n) is 9.68. The van der Waals surface area contributed by atoms with Crippen molar-refractivity contribution in [2.75, 3.05) is 13.1 Å². The lowest BCUT2D eigenvalue weighted by atomic mass is 10.0. The SMILES string of the molecule is C=CCC[C@@H](O)CN(Cc1ccccc1)C[C@@H]1CC(c2ccc(Cl)cc2)=NO1. The Labute approximate surface area is 172 Å². The van der Waals surface area contributed by atoms with Crippen molar-refractivity contribution >= 4 is 17.3 Å². The Morgan fingerprint density at radius 1 is 1.21 bits per heavy atom. The van der Waals surface area contributed by atoms with Crippen molar-refractivity contribution in [2.24, 2.45) is 5.16 Å². The molecule has 1 N–H and O–H groups in total. The van der Waals surface area contributed by atoms with Crippen LogP contribution in [0.2, 0.25) is 5.02 Å². The molecule has 2 aromatic rings. The van der Waals surface area contributed by atoms with E-state index in [1.807, 2.05) is 48.5 Å². The average molecular weight is 399 g/mol. The van der Waals surface area contributed by atoms with Gasteiger partial charge in [-0.1, -0.05) is 65.3 Å². The van der Waals surface area contributed by atoms with E-state index in [1.54, 1.807) is 0 Å². The summed E-state index contributed by atoms with van der Waals surface area (Å²) in [5, 5.41) is 15.4. The summed E-state index contributed by atoms with van der Waals surface area (Å²) in [7, 11) is 0. The second-order valence-corrected chi connectivity index (χ2v) is 7.61. The first-order valence-corrected chi connectivity index (χ1v) is 10.1. The second-order valence-electron chi connectivity index (χ2n) is 7.18. The molecule has 0 aromatic heterocycles. The van der Waals surface area contributed by atoms with Gasteiger partial charge in [-0.15, -0.1) is 6.58 Å². The van der Waals surface area contributed by atoms with E-state index < -0.39 is 0 Å². The van der Waals surface area contributed by atoms with Crippen LogP contribution in [0.5, 0.6) is 0 Å². The molecule has 3 rings (SSSR count). The molecule has 148 valence electrons. The van der Waals surface area contributed by atoms with Crippen molar-refractivity contribution in [1.29, 1.82) is 0 Å². The van der Waals surface area contributed by atoms with Crippen LogP contribution in [0.1, 0.15) is 30.4 Å². The van der Waals surface area contributed by atoms with Crippen LogP contribution < -0.4 is 0 Å². The first kappa shape index (κ1) is 20.6. The Bertz CT molecular complexity index is 777. The molecular formula is C23H27ClN2O2. The van der Waals surface area contributed by atoms with E-state index >= 15 is 0 Å². The number of aliphatic hydroxyl groups is 1. The summed E-state index contributed by atoms with van der Waals surface area (Å²) in [5.74, 6) is 0. The predicted octanol–water partition coefficient (Wildman–Crippen LogP) is 4.66. The molecule has 2 atom stereocenters. The maximum atomic E-state index is 10.4. The van der Waals surface area contributed by atoms with Gasteiger partial charge in [0, 0.05) is 31.1 Å². The Morgan fingerprint density at radius 3 is 2.68 bits per heavy atom. The summed E-state index contributed by atoms with van der Waals surface area (Å²) in [6.07, 6.45) is 3.70. The topological polar surface area (TPSA) is 45.1 Å². The van der Waals surface area contributed by atoms with E-state index in [-0.39, 0.29) is 12.2 Å². The molecule has 0 aliphatic carbocycles. The van der Waals surface area contributed by atoms with Crippen LogP contribution in [0.25, 0.3) is 0 Å². The lowest BCUT2D eigenvalue weighted by Gasteiger charge is -2.27. The van der Waals surface area contributed by atoms with Crippen molar-refractivity contribution in [1.82, 2.24) is 4.90 Å². The van der Waals surface area contributed by atoms with E-state index in [0.717, 1.165) is 30.7 Å². The molecule has 1 aliphatic rings. The summed E-state index contributed by atoms with van der Waals surface area (Å²) in [5.41, 5.74) is 3.19. The van der Waals surface area contributed by atoms with Gasteiger partial charge in [0.2, 0.25) is 0 Å². The van der Waals surface area contributed by atoms with Crippen molar-refractivity contribution in [2.45, 2.75) is 38.0 Å². The van der Waals surface area contributed by atoms with Crippen LogP contribution >= 0.6 is 11.6 Å². The van der Waals surface area contributed by atoms with E-state index in [1.165, 1.54) is 5.56 Å². The van der Waals surface area contributed by atoms with Crippen LogP contribution in [0, 0.1) is 0 Å². The highest BCUT2D eigenvalue weighted by atomic mass is 35.5. The lowest BCUT2D eigenvalue weighted by Crippen LogP contribution is -2.37. The van der Waals surface area contributed by atoms with Crippen LogP contribution in [-0.2, 0) is 11.4 Å². The minimum atomic E-state index is -0.389. The van der Waals surface area contributed by atoms with E-state index in [4.69, 9.17) is 16.4 Å². The number of nitrogens with zero attached hydrogens (tertiary/aromatic N) is 2. The van der Waals surface area contributed by atoms with Crippen molar-refractivity contribution in [3.05, 3.63) is 83.4 Å². The summed E-state index contributed by atoms with van der Waals surface area (Å²) in [4.78, 5) is 7.94. The number of halogens is 1. The van der Waals surface area contributed by atoms with Crippen LogP contribution in [-0.4, -0.2) is 41.0 Å². The van der Waals surface area contributed by atoms with Gasteiger partial charge in [0.25, 0.3) is 0 Å². The van der Waals surface area contributed by atoms with E-state index in [9.17, 15) is 5.11 Å². The quantitative estimate of drug-likeness (QED) is 0.592. The van der Waals surface area contributed by atoms with Gasteiger partial charge in [-0.25, -0.2) is 0 Å². The fourth-order valence-electron chi connectivity index (χ4n) is 3.37.